The van der Waals surface area contributed by atoms with Gasteiger partial charge in [0.1, 0.15) is 0 Å². The number of aromatic amines is 1. The molecule has 1 heterocycles. The maximum atomic E-state index is 12.6. The monoisotopic (exact) mass is 274 g/mol. The summed E-state index contributed by atoms with van der Waals surface area (Å²) in [6.07, 6.45) is 0. The zero-order valence-corrected chi connectivity index (χ0v) is 11.8. The molecule has 0 bridgehead atoms. The highest BCUT2D eigenvalue weighted by Crippen LogP contribution is 2.24. The van der Waals surface area contributed by atoms with E-state index in [1.165, 1.54) is 4.90 Å². The predicted octanol–water partition coefficient (Wildman–Crippen LogP) is 2.06. The summed E-state index contributed by atoms with van der Waals surface area (Å²) in [4.78, 5) is 28.1. The van der Waals surface area contributed by atoms with Crippen molar-refractivity contribution >= 4 is 22.7 Å². The Morgan fingerprint density at radius 1 is 1.35 bits per heavy atom. The molecule has 0 aliphatic rings. The second-order valence-electron chi connectivity index (χ2n) is 5.02. The fraction of sp³-hybridized carbons (Fsp3) is 0.333. The van der Waals surface area contributed by atoms with Crippen LogP contribution in [0.5, 0.6) is 0 Å². The van der Waals surface area contributed by atoms with Gasteiger partial charge in [-0.2, -0.15) is 0 Å². The topological polar surface area (TPSA) is 73.4 Å². The van der Waals surface area contributed by atoms with E-state index in [1.54, 1.807) is 14.0 Å². The number of carboxylic acid groups (broad SMARTS) is 1. The van der Waals surface area contributed by atoms with Gasteiger partial charge in [0.15, 0.2) is 5.78 Å². The van der Waals surface area contributed by atoms with Crippen LogP contribution < -0.4 is 0 Å². The van der Waals surface area contributed by atoms with Gasteiger partial charge in [-0.15, -0.1) is 0 Å². The van der Waals surface area contributed by atoms with Crippen molar-refractivity contribution in [3.05, 3.63) is 35.5 Å². The van der Waals surface area contributed by atoms with Crippen molar-refractivity contribution in [1.82, 2.24) is 9.88 Å². The van der Waals surface area contributed by atoms with E-state index in [1.807, 2.05) is 31.2 Å². The van der Waals surface area contributed by atoms with Gasteiger partial charge in [0.05, 0.1) is 12.6 Å². The summed E-state index contributed by atoms with van der Waals surface area (Å²) in [6.45, 7) is 3.43. The number of aliphatic carboxylic acids is 1. The molecular weight excluding hydrogens is 256 g/mol. The first-order valence-electron chi connectivity index (χ1n) is 6.45. The molecular formula is C15H18N2O3. The molecule has 1 aromatic carbocycles. The van der Waals surface area contributed by atoms with Gasteiger partial charge in [-0.1, -0.05) is 18.2 Å². The van der Waals surface area contributed by atoms with Gasteiger partial charge < -0.3 is 10.1 Å². The van der Waals surface area contributed by atoms with Crippen LogP contribution in [0.2, 0.25) is 0 Å². The molecule has 5 heteroatoms. The van der Waals surface area contributed by atoms with E-state index in [2.05, 4.69) is 4.98 Å². The number of H-pyrrole nitrogens is 1. The van der Waals surface area contributed by atoms with E-state index in [0.29, 0.717) is 5.56 Å². The van der Waals surface area contributed by atoms with Crippen LogP contribution in [0.1, 0.15) is 23.0 Å². The van der Waals surface area contributed by atoms with Crippen LogP contribution in [0.15, 0.2) is 24.3 Å². The van der Waals surface area contributed by atoms with Gasteiger partial charge in [0.25, 0.3) is 0 Å². The lowest BCUT2D eigenvalue weighted by molar-refractivity contribution is -0.138. The molecule has 0 amide bonds. The lowest BCUT2D eigenvalue weighted by Crippen LogP contribution is -2.39. The Balaban J connectivity index is 2.36. The summed E-state index contributed by atoms with van der Waals surface area (Å²) in [5.74, 6) is -1.01. The highest BCUT2D eigenvalue weighted by atomic mass is 16.4. The molecule has 0 radical (unpaired) electrons. The Kier molecular flexibility index (Phi) is 3.90. The number of nitrogens with one attached hydrogen (secondary N) is 1. The number of aromatic nitrogens is 1. The zero-order chi connectivity index (χ0) is 14.9. The lowest BCUT2D eigenvalue weighted by Gasteiger charge is -2.21. The van der Waals surface area contributed by atoms with Crippen LogP contribution in [0.3, 0.4) is 0 Å². The van der Waals surface area contributed by atoms with E-state index in [-0.39, 0.29) is 12.3 Å². The van der Waals surface area contributed by atoms with Crippen molar-refractivity contribution in [2.24, 2.45) is 0 Å². The van der Waals surface area contributed by atoms with E-state index < -0.39 is 12.0 Å². The van der Waals surface area contributed by atoms with Gasteiger partial charge in [-0.3, -0.25) is 14.5 Å². The van der Waals surface area contributed by atoms with Crippen LogP contribution in [0.25, 0.3) is 10.9 Å². The second kappa shape index (κ2) is 5.46. The number of carbonyl (C=O) groups is 2. The summed E-state index contributed by atoms with van der Waals surface area (Å²) in [5.41, 5.74) is 2.37. The smallest absolute Gasteiger partial charge is 0.317 e. The molecule has 0 aliphatic carbocycles. The Bertz CT molecular complexity index is 660. The standard InChI is InChI=1S/C15H18N2O3/c1-9-14(11-6-4-5-7-12(11)16-9)15(20)10(2)17(3)8-13(18)19/h4-7,10,16H,8H2,1-3H3,(H,18,19). The van der Waals surface area contributed by atoms with Gasteiger partial charge in [-0.05, 0) is 27.0 Å². The molecule has 0 saturated heterocycles. The fourth-order valence-electron chi connectivity index (χ4n) is 2.35. The number of ketones is 1. The number of carbonyl (C=O) groups excluding carboxylic acids is 1. The van der Waals surface area contributed by atoms with Crippen molar-refractivity contribution in [1.29, 1.82) is 0 Å². The van der Waals surface area contributed by atoms with Gasteiger partial charge in [-0.25, -0.2) is 0 Å². The van der Waals surface area contributed by atoms with E-state index >= 15 is 0 Å². The fourth-order valence-corrected chi connectivity index (χ4v) is 2.35. The van der Waals surface area contributed by atoms with Crippen LogP contribution in [0.4, 0.5) is 0 Å². The van der Waals surface area contributed by atoms with Gasteiger partial charge >= 0.3 is 5.97 Å². The second-order valence-corrected chi connectivity index (χ2v) is 5.02. The molecule has 2 rings (SSSR count). The minimum atomic E-state index is -0.942. The number of hydrogen-bond acceptors (Lipinski definition) is 3. The third kappa shape index (κ3) is 2.58. The number of carboxylic acids is 1. The van der Waals surface area contributed by atoms with Crippen molar-refractivity contribution < 1.29 is 14.7 Å². The Labute approximate surface area is 117 Å². The number of fused-ring (bicyclic) bond motifs is 1. The molecule has 2 aromatic rings. The first-order chi connectivity index (χ1) is 9.41. The van der Waals surface area contributed by atoms with Crippen molar-refractivity contribution in [2.75, 3.05) is 13.6 Å². The summed E-state index contributed by atoms with van der Waals surface area (Å²) < 4.78 is 0. The third-order valence-corrected chi connectivity index (χ3v) is 3.57. The third-order valence-electron chi connectivity index (χ3n) is 3.57. The molecule has 106 valence electrons. The van der Waals surface area contributed by atoms with Crippen molar-refractivity contribution in [3.63, 3.8) is 0 Å². The number of likely N-dealkylation sites (N-methyl/N-ethyl adjacent to an activating group) is 1. The van der Waals surface area contributed by atoms with Gasteiger partial charge in [0.2, 0.25) is 0 Å². The van der Waals surface area contributed by atoms with Crippen molar-refractivity contribution in [3.8, 4) is 0 Å². The average Bonchev–Trinajstić information content (AvgIpc) is 2.72. The number of aryl methyl sites for hydroxylation is 1. The van der Waals surface area contributed by atoms with Crippen LogP contribution in [0, 0.1) is 6.92 Å². The maximum Gasteiger partial charge on any atom is 0.317 e. The predicted molar refractivity (Wildman–Crippen MR) is 77.1 cm³/mol. The number of nitrogens with zero attached hydrogens (tertiary/aromatic N) is 1. The maximum absolute atomic E-state index is 12.6. The quantitative estimate of drug-likeness (QED) is 0.819. The molecule has 1 atom stereocenters. The summed E-state index contributed by atoms with van der Waals surface area (Å²) in [7, 11) is 1.64. The first kappa shape index (κ1) is 14.3. The minimum absolute atomic E-state index is 0.0660. The largest absolute Gasteiger partial charge is 0.480 e. The van der Waals surface area contributed by atoms with E-state index in [4.69, 9.17) is 5.11 Å². The number of hydrogen-bond donors (Lipinski definition) is 2. The molecule has 5 nitrogen and oxygen atoms in total. The summed E-state index contributed by atoms with van der Waals surface area (Å²) >= 11 is 0. The Morgan fingerprint density at radius 3 is 2.65 bits per heavy atom. The molecule has 20 heavy (non-hydrogen) atoms. The summed E-state index contributed by atoms with van der Waals surface area (Å²) in [5, 5.41) is 9.69. The number of Topliss-reactive ketones (excluding diaryl/α,β-unsaturated/α-hetero) is 1. The first-order valence-corrected chi connectivity index (χ1v) is 6.45. The molecule has 0 spiro atoms. The minimum Gasteiger partial charge on any atom is -0.480 e. The van der Waals surface area contributed by atoms with Gasteiger partial charge in [0, 0.05) is 22.2 Å². The number of para-hydroxylation sites is 1. The lowest BCUT2D eigenvalue weighted by atomic mass is 10.0. The molecule has 0 saturated carbocycles. The van der Waals surface area contributed by atoms with Crippen LogP contribution in [-0.2, 0) is 4.79 Å². The molecule has 1 aromatic heterocycles. The molecule has 2 N–H and O–H groups in total. The van der Waals surface area contributed by atoms with Crippen LogP contribution in [-0.4, -0.2) is 46.4 Å². The Hall–Kier alpha value is -2.14. The summed E-state index contributed by atoms with van der Waals surface area (Å²) in [6, 6.07) is 7.13. The molecule has 1 unspecified atom stereocenters. The average molecular weight is 274 g/mol. The zero-order valence-electron chi connectivity index (χ0n) is 11.8. The highest BCUT2D eigenvalue weighted by Gasteiger charge is 2.25. The van der Waals surface area contributed by atoms with E-state index in [9.17, 15) is 9.59 Å². The normalized spacial score (nSPS) is 12.8. The Morgan fingerprint density at radius 2 is 2.00 bits per heavy atom. The highest BCUT2D eigenvalue weighted by molar-refractivity contribution is 6.11. The molecule has 0 aliphatic heterocycles. The number of benzene rings is 1. The molecule has 0 fully saturated rings. The SMILES string of the molecule is Cc1[nH]c2ccccc2c1C(=O)C(C)N(C)CC(=O)O. The van der Waals surface area contributed by atoms with Crippen molar-refractivity contribution in [2.45, 2.75) is 19.9 Å². The number of rotatable bonds is 5. The van der Waals surface area contributed by atoms with E-state index in [0.717, 1.165) is 16.6 Å². The van der Waals surface area contributed by atoms with Crippen LogP contribution >= 0.6 is 0 Å².